The molecule has 3 rings (SSSR count). The van der Waals surface area contributed by atoms with Gasteiger partial charge in [0.1, 0.15) is 0 Å². The van der Waals surface area contributed by atoms with Crippen LogP contribution in [0.2, 0.25) is 0 Å². The SMILES string of the molecule is CN1c2ccc(Br)cc2C(=O)C[C@]1(C)c1ccccc1. The van der Waals surface area contributed by atoms with E-state index < -0.39 is 0 Å². The van der Waals surface area contributed by atoms with Gasteiger partial charge in [0.15, 0.2) is 5.78 Å². The van der Waals surface area contributed by atoms with Gasteiger partial charge < -0.3 is 4.90 Å². The molecule has 2 aromatic carbocycles. The standard InChI is InChI=1S/C17H16BrNO/c1-17(12-6-4-3-5-7-12)11-16(20)14-10-13(18)8-9-15(14)19(17)2/h3-10H,11H2,1-2H3/t17-/m1/s1. The number of Topliss-reactive ketones (excluding diaryl/α,β-unsaturated/α-hetero) is 1. The van der Waals surface area contributed by atoms with Gasteiger partial charge >= 0.3 is 0 Å². The van der Waals surface area contributed by atoms with Crippen molar-refractivity contribution < 1.29 is 4.79 Å². The van der Waals surface area contributed by atoms with E-state index in [9.17, 15) is 4.79 Å². The first-order valence-electron chi connectivity index (χ1n) is 6.64. The predicted octanol–water partition coefficient (Wildman–Crippen LogP) is 4.39. The highest BCUT2D eigenvalue weighted by atomic mass is 79.9. The first-order chi connectivity index (χ1) is 9.52. The third-order valence-electron chi connectivity index (χ3n) is 4.26. The summed E-state index contributed by atoms with van der Waals surface area (Å²) in [4.78, 5) is 14.7. The number of carbonyl (C=O) groups excluding carboxylic acids is 1. The van der Waals surface area contributed by atoms with Crippen LogP contribution in [0.3, 0.4) is 0 Å². The minimum absolute atomic E-state index is 0.200. The highest BCUT2D eigenvalue weighted by molar-refractivity contribution is 9.10. The normalized spacial score (nSPS) is 21.8. The van der Waals surface area contributed by atoms with Gasteiger partial charge in [-0.3, -0.25) is 4.79 Å². The molecule has 0 saturated carbocycles. The molecule has 0 bridgehead atoms. The molecule has 102 valence electrons. The molecule has 1 aliphatic heterocycles. The van der Waals surface area contributed by atoms with Crippen molar-refractivity contribution in [3.63, 3.8) is 0 Å². The summed E-state index contributed by atoms with van der Waals surface area (Å²) >= 11 is 3.44. The zero-order valence-electron chi connectivity index (χ0n) is 11.6. The number of ketones is 1. The summed E-state index contributed by atoms with van der Waals surface area (Å²) in [5, 5.41) is 0. The molecular weight excluding hydrogens is 314 g/mol. The van der Waals surface area contributed by atoms with Crippen molar-refractivity contribution in [2.45, 2.75) is 18.9 Å². The Bertz CT molecular complexity index is 668. The number of carbonyl (C=O) groups is 1. The monoisotopic (exact) mass is 329 g/mol. The van der Waals surface area contributed by atoms with E-state index in [0.29, 0.717) is 6.42 Å². The molecule has 1 heterocycles. The zero-order chi connectivity index (χ0) is 14.3. The summed E-state index contributed by atoms with van der Waals surface area (Å²) in [6.45, 7) is 2.13. The van der Waals surface area contributed by atoms with E-state index in [1.807, 2.05) is 36.4 Å². The van der Waals surface area contributed by atoms with Crippen molar-refractivity contribution in [3.8, 4) is 0 Å². The summed E-state index contributed by atoms with van der Waals surface area (Å²) in [5.74, 6) is 0.200. The number of benzene rings is 2. The maximum absolute atomic E-state index is 12.5. The maximum Gasteiger partial charge on any atom is 0.167 e. The molecule has 0 radical (unpaired) electrons. The lowest BCUT2D eigenvalue weighted by molar-refractivity contribution is 0.0943. The minimum atomic E-state index is -0.292. The summed E-state index contributed by atoms with van der Waals surface area (Å²) in [5.41, 5.74) is 2.68. The first kappa shape index (κ1) is 13.4. The third-order valence-corrected chi connectivity index (χ3v) is 4.75. The summed E-state index contributed by atoms with van der Waals surface area (Å²) in [7, 11) is 2.06. The van der Waals surface area contributed by atoms with Crippen molar-refractivity contribution in [2.24, 2.45) is 0 Å². The van der Waals surface area contributed by atoms with Crippen LogP contribution >= 0.6 is 15.9 Å². The molecule has 0 N–H and O–H groups in total. The molecule has 2 nitrogen and oxygen atoms in total. The fourth-order valence-corrected chi connectivity index (χ4v) is 3.27. The van der Waals surface area contributed by atoms with Crippen LogP contribution in [-0.4, -0.2) is 12.8 Å². The van der Waals surface area contributed by atoms with Crippen LogP contribution in [0, 0.1) is 0 Å². The minimum Gasteiger partial charge on any atom is -0.364 e. The number of hydrogen-bond acceptors (Lipinski definition) is 2. The van der Waals surface area contributed by atoms with Gasteiger partial charge in [-0.05, 0) is 30.7 Å². The van der Waals surface area contributed by atoms with E-state index in [-0.39, 0.29) is 11.3 Å². The van der Waals surface area contributed by atoms with Crippen LogP contribution in [0.4, 0.5) is 5.69 Å². The Labute approximate surface area is 127 Å². The molecule has 0 saturated heterocycles. The summed E-state index contributed by atoms with van der Waals surface area (Å²) in [6, 6.07) is 16.1. The van der Waals surface area contributed by atoms with Crippen LogP contribution in [0.1, 0.15) is 29.3 Å². The Balaban J connectivity index is 2.14. The summed E-state index contributed by atoms with van der Waals surface area (Å²) < 4.78 is 0.946. The second-order valence-electron chi connectivity index (χ2n) is 5.46. The lowest BCUT2D eigenvalue weighted by Crippen LogP contribution is -2.46. The molecule has 0 spiro atoms. The largest absolute Gasteiger partial charge is 0.364 e. The maximum atomic E-state index is 12.5. The van der Waals surface area contributed by atoms with E-state index >= 15 is 0 Å². The molecule has 0 fully saturated rings. The molecule has 1 atom stereocenters. The highest BCUT2D eigenvalue weighted by Crippen LogP contribution is 2.42. The number of nitrogens with zero attached hydrogens (tertiary/aromatic N) is 1. The van der Waals surface area contributed by atoms with Crippen molar-refractivity contribution in [2.75, 3.05) is 11.9 Å². The average Bonchev–Trinajstić information content (AvgIpc) is 2.46. The van der Waals surface area contributed by atoms with Crippen LogP contribution < -0.4 is 4.90 Å². The second-order valence-corrected chi connectivity index (χ2v) is 6.38. The van der Waals surface area contributed by atoms with Gasteiger partial charge in [0.05, 0.1) is 5.54 Å². The Morgan fingerprint density at radius 1 is 1.15 bits per heavy atom. The fourth-order valence-electron chi connectivity index (χ4n) is 2.91. The molecule has 0 amide bonds. The lowest BCUT2D eigenvalue weighted by Gasteiger charge is -2.44. The predicted molar refractivity (Wildman–Crippen MR) is 85.3 cm³/mol. The van der Waals surface area contributed by atoms with E-state index in [2.05, 4.69) is 46.9 Å². The Morgan fingerprint density at radius 3 is 2.55 bits per heavy atom. The van der Waals surface area contributed by atoms with Crippen LogP contribution in [0.15, 0.2) is 53.0 Å². The molecule has 20 heavy (non-hydrogen) atoms. The number of anilines is 1. The van der Waals surface area contributed by atoms with Crippen molar-refractivity contribution in [3.05, 3.63) is 64.1 Å². The molecule has 0 aliphatic carbocycles. The average molecular weight is 330 g/mol. The van der Waals surface area contributed by atoms with E-state index in [4.69, 9.17) is 0 Å². The van der Waals surface area contributed by atoms with Gasteiger partial charge in [0, 0.05) is 29.2 Å². The van der Waals surface area contributed by atoms with Gasteiger partial charge in [-0.2, -0.15) is 0 Å². The number of halogens is 1. The van der Waals surface area contributed by atoms with E-state index in [1.165, 1.54) is 5.56 Å². The molecule has 2 aromatic rings. The lowest BCUT2D eigenvalue weighted by atomic mass is 9.80. The Hall–Kier alpha value is -1.61. The van der Waals surface area contributed by atoms with Gasteiger partial charge in [-0.25, -0.2) is 0 Å². The topological polar surface area (TPSA) is 20.3 Å². The smallest absolute Gasteiger partial charge is 0.167 e. The second kappa shape index (κ2) is 4.74. The van der Waals surface area contributed by atoms with E-state index in [0.717, 1.165) is 15.7 Å². The molecular formula is C17H16BrNO. The van der Waals surface area contributed by atoms with Crippen LogP contribution in [-0.2, 0) is 5.54 Å². The Kier molecular flexibility index (Phi) is 3.17. The van der Waals surface area contributed by atoms with Gasteiger partial charge in [0.25, 0.3) is 0 Å². The summed E-state index contributed by atoms with van der Waals surface area (Å²) in [6.07, 6.45) is 0.497. The van der Waals surface area contributed by atoms with Gasteiger partial charge in [-0.15, -0.1) is 0 Å². The molecule has 1 aliphatic rings. The molecule has 3 heteroatoms. The molecule has 0 aromatic heterocycles. The van der Waals surface area contributed by atoms with Crippen LogP contribution in [0.25, 0.3) is 0 Å². The van der Waals surface area contributed by atoms with Gasteiger partial charge in [-0.1, -0.05) is 46.3 Å². The zero-order valence-corrected chi connectivity index (χ0v) is 13.1. The molecule has 0 unspecified atom stereocenters. The van der Waals surface area contributed by atoms with Crippen molar-refractivity contribution in [1.29, 1.82) is 0 Å². The Morgan fingerprint density at radius 2 is 1.85 bits per heavy atom. The van der Waals surface area contributed by atoms with Crippen molar-refractivity contribution in [1.82, 2.24) is 0 Å². The van der Waals surface area contributed by atoms with E-state index in [1.54, 1.807) is 0 Å². The van der Waals surface area contributed by atoms with Gasteiger partial charge in [0.2, 0.25) is 0 Å². The third kappa shape index (κ3) is 1.97. The quantitative estimate of drug-likeness (QED) is 0.773. The number of fused-ring (bicyclic) bond motifs is 1. The highest BCUT2D eigenvalue weighted by Gasteiger charge is 2.40. The van der Waals surface area contributed by atoms with Crippen LogP contribution in [0.5, 0.6) is 0 Å². The fraction of sp³-hybridized carbons (Fsp3) is 0.235. The van der Waals surface area contributed by atoms with Crippen molar-refractivity contribution >= 4 is 27.4 Å². The number of hydrogen-bond donors (Lipinski definition) is 0. The number of rotatable bonds is 1. The first-order valence-corrected chi connectivity index (χ1v) is 7.44.